The van der Waals surface area contributed by atoms with Gasteiger partial charge in [0, 0.05) is 23.4 Å². The minimum absolute atomic E-state index is 0.0184. The van der Waals surface area contributed by atoms with Gasteiger partial charge in [-0.1, -0.05) is 16.9 Å². The number of carbonyl (C=O) groups is 4. The fraction of sp³-hybridized carbons (Fsp3) is 0.438. The van der Waals surface area contributed by atoms with Crippen molar-refractivity contribution >= 4 is 69.5 Å². The van der Waals surface area contributed by atoms with E-state index in [4.69, 9.17) is 10.8 Å². The summed E-state index contributed by atoms with van der Waals surface area (Å²) in [4.78, 5) is 53.7. The van der Waals surface area contributed by atoms with E-state index in [9.17, 15) is 29.5 Å². The molecule has 0 saturated carbocycles. The normalized spacial score (nSPS) is 23.9. The molecule has 4 rings (SSSR count). The minimum atomic E-state index is -1.35. The SMILES string of the molecule is Nc1nc(C(=NO)C(=O)NC2C(=O)N3CC(CSc4nnnn4CC(=O)O)(C(=O)O)CS[C@H]23)cs1. The molecule has 2 aromatic heterocycles. The first-order valence-corrected chi connectivity index (χ1v) is 12.6. The van der Waals surface area contributed by atoms with Gasteiger partial charge in [-0.2, -0.15) is 0 Å². The Morgan fingerprint density at radius 1 is 1.37 bits per heavy atom. The zero-order valence-electron chi connectivity index (χ0n) is 17.5. The molecule has 35 heavy (non-hydrogen) atoms. The van der Waals surface area contributed by atoms with Crippen LogP contribution in [-0.4, -0.2) is 104 Å². The summed E-state index contributed by atoms with van der Waals surface area (Å²) in [6.45, 7) is -0.604. The van der Waals surface area contributed by atoms with Crippen molar-refractivity contribution in [3.8, 4) is 0 Å². The predicted octanol–water partition coefficient (Wildman–Crippen LogP) is -1.76. The van der Waals surface area contributed by atoms with Crippen molar-refractivity contribution in [2.75, 3.05) is 23.8 Å². The molecule has 4 heterocycles. The second-order valence-corrected chi connectivity index (χ2v) is 10.5. The molecule has 2 amide bonds. The molecular weight excluding hydrogens is 526 g/mol. The zero-order chi connectivity index (χ0) is 25.3. The van der Waals surface area contributed by atoms with Crippen LogP contribution in [0.4, 0.5) is 5.13 Å². The Morgan fingerprint density at radius 3 is 2.77 bits per heavy atom. The molecule has 2 unspecified atom stereocenters. The highest BCUT2D eigenvalue weighted by Crippen LogP contribution is 2.44. The molecular formula is C16H17N9O7S3. The van der Waals surface area contributed by atoms with Gasteiger partial charge in [0.15, 0.2) is 10.8 Å². The van der Waals surface area contributed by atoms with Crippen molar-refractivity contribution in [3.63, 3.8) is 0 Å². The molecule has 19 heteroatoms. The quantitative estimate of drug-likeness (QED) is 0.0774. The number of rotatable bonds is 9. The minimum Gasteiger partial charge on any atom is -0.481 e. The van der Waals surface area contributed by atoms with Crippen LogP contribution in [0, 0.1) is 5.41 Å². The standard InChI is InChI=1S/C16H17N9O7S3/c17-14-18-6(2-33-14)8(21-32)10(28)19-9-11(29)24-3-16(13(30)31,4-34-12(9)24)5-35-15-20-22-23-25(15)1-7(26)27/h2,9,12,32H,1,3-5H2,(H2,17,18)(H,19,28)(H,26,27)(H,30,31)/t9?,12-,16?/m1/s1. The van der Waals surface area contributed by atoms with Gasteiger partial charge in [-0.05, 0) is 10.4 Å². The number of nitrogen functional groups attached to an aromatic ring is 1. The van der Waals surface area contributed by atoms with Gasteiger partial charge in [0.05, 0.1) is 0 Å². The van der Waals surface area contributed by atoms with Crippen molar-refractivity contribution in [3.05, 3.63) is 11.1 Å². The van der Waals surface area contributed by atoms with E-state index in [1.807, 2.05) is 0 Å². The van der Waals surface area contributed by atoms with E-state index in [-0.39, 0.29) is 34.0 Å². The van der Waals surface area contributed by atoms with Crippen molar-refractivity contribution in [2.24, 2.45) is 10.6 Å². The number of amides is 2. The van der Waals surface area contributed by atoms with Gasteiger partial charge in [-0.3, -0.25) is 19.2 Å². The van der Waals surface area contributed by atoms with Gasteiger partial charge in [-0.15, -0.1) is 28.2 Å². The van der Waals surface area contributed by atoms with Gasteiger partial charge in [0.2, 0.25) is 11.1 Å². The van der Waals surface area contributed by atoms with Gasteiger partial charge in [0.25, 0.3) is 5.91 Å². The Kier molecular flexibility index (Phi) is 6.81. The third-order valence-corrected chi connectivity index (χ3v) is 8.74. The van der Waals surface area contributed by atoms with Crippen molar-refractivity contribution in [1.82, 2.24) is 35.4 Å². The Bertz CT molecular complexity index is 1220. The number of aliphatic carboxylic acids is 2. The smallest absolute Gasteiger partial charge is 0.325 e. The molecule has 3 atom stereocenters. The number of aromatic nitrogens is 5. The number of oxime groups is 1. The number of carboxylic acid groups (broad SMARTS) is 2. The second-order valence-electron chi connectivity index (χ2n) is 7.53. The lowest BCUT2D eigenvalue weighted by molar-refractivity contribution is -0.157. The maximum absolute atomic E-state index is 12.8. The monoisotopic (exact) mass is 543 g/mol. The molecule has 2 fully saturated rings. The highest BCUT2D eigenvalue weighted by molar-refractivity contribution is 8.00. The highest BCUT2D eigenvalue weighted by Gasteiger charge is 2.57. The largest absolute Gasteiger partial charge is 0.481 e. The van der Waals surface area contributed by atoms with Gasteiger partial charge < -0.3 is 31.4 Å². The van der Waals surface area contributed by atoms with Gasteiger partial charge in [-0.25, -0.2) is 9.67 Å². The van der Waals surface area contributed by atoms with E-state index in [0.717, 1.165) is 27.8 Å². The number of thiazole rings is 1. The summed E-state index contributed by atoms with van der Waals surface area (Å²) in [6.07, 6.45) is 0. The Balaban J connectivity index is 1.41. The molecule has 186 valence electrons. The first-order valence-electron chi connectivity index (χ1n) is 9.66. The van der Waals surface area contributed by atoms with E-state index >= 15 is 0 Å². The van der Waals surface area contributed by atoms with Crippen LogP contribution in [0.5, 0.6) is 0 Å². The average molecular weight is 544 g/mol. The zero-order valence-corrected chi connectivity index (χ0v) is 19.9. The van der Waals surface area contributed by atoms with Gasteiger partial charge in [0.1, 0.15) is 29.1 Å². The lowest BCUT2D eigenvalue weighted by Gasteiger charge is -2.53. The molecule has 0 spiro atoms. The van der Waals surface area contributed by atoms with E-state index in [1.54, 1.807) is 0 Å². The third kappa shape index (κ3) is 4.73. The van der Waals surface area contributed by atoms with Crippen LogP contribution >= 0.6 is 34.9 Å². The molecule has 0 aromatic carbocycles. The second kappa shape index (κ2) is 9.66. The number of carbonyl (C=O) groups excluding carboxylic acids is 2. The summed E-state index contributed by atoms with van der Waals surface area (Å²) in [5, 5.41) is 45.5. The van der Waals surface area contributed by atoms with Crippen LogP contribution < -0.4 is 11.1 Å². The lowest BCUT2D eigenvalue weighted by atomic mass is 9.89. The maximum atomic E-state index is 12.8. The Morgan fingerprint density at radius 2 is 2.14 bits per heavy atom. The first kappa shape index (κ1) is 24.7. The van der Waals surface area contributed by atoms with E-state index in [2.05, 4.69) is 31.0 Å². The van der Waals surface area contributed by atoms with Crippen LogP contribution in [-0.2, 0) is 25.7 Å². The van der Waals surface area contributed by atoms with Crippen LogP contribution in [0.15, 0.2) is 15.7 Å². The molecule has 2 aromatic rings. The number of thioether (sulfide) groups is 2. The summed E-state index contributed by atoms with van der Waals surface area (Å²) >= 11 is 3.21. The molecule has 2 saturated heterocycles. The number of carboxylic acids is 2. The summed E-state index contributed by atoms with van der Waals surface area (Å²) in [5.41, 5.74) is 3.84. The fourth-order valence-electron chi connectivity index (χ4n) is 3.45. The van der Waals surface area contributed by atoms with E-state index in [1.165, 1.54) is 22.0 Å². The summed E-state index contributed by atoms with van der Waals surface area (Å²) in [5.74, 6) is -3.51. The first-order chi connectivity index (χ1) is 16.6. The number of nitrogens with two attached hydrogens (primary N) is 1. The number of hydrogen-bond acceptors (Lipinski definition) is 14. The van der Waals surface area contributed by atoms with Crippen LogP contribution in [0.2, 0.25) is 0 Å². The molecule has 2 aliphatic rings. The summed E-state index contributed by atoms with van der Waals surface area (Å²) in [7, 11) is 0. The summed E-state index contributed by atoms with van der Waals surface area (Å²) in [6, 6.07) is -0.942. The molecule has 16 nitrogen and oxygen atoms in total. The number of anilines is 1. The van der Waals surface area contributed by atoms with Crippen LogP contribution in [0.25, 0.3) is 0 Å². The maximum Gasteiger partial charge on any atom is 0.325 e. The number of nitrogens with one attached hydrogen (secondary N) is 1. The third-order valence-electron chi connectivity index (χ3n) is 5.23. The molecule has 0 bridgehead atoms. The van der Waals surface area contributed by atoms with Crippen LogP contribution in [0.1, 0.15) is 5.69 Å². The average Bonchev–Trinajstić information content (AvgIpc) is 3.44. The van der Waals surface area contributed by atoms with E-state index < -0.39 is 52.8 Å². The number of nitrogens with zero attached hydrogens (tertiary/aromatic N) is 7. The topological polar surface area (TPSA) is 239 Å². The number of hydrogen-bond donors (Lipinski definition) is 5. The summed E-state index contributed by atoms with van der Waals surface area (Å²) < 4.78 is 1.04. The number of tetrazole rings is 1. The fourth-order valence-corrected chi connectivity index (χ4v) is 6.74. The molecule has 0 radical (unpaired) electrons. The van der Waals surface area contributed by atoms with E-state index in [0.29, 0.717) is 0 Å². The Labute approximate surface area is 207 Å². The van der Waals surface area contributed by atoms with Crippen molar-refractivity contribution in [1.29, 1.82) is 0 Å². The van der Waals surface area contributed by atoms with Crippen LogP contribution in [0.3, 0.4) is 0 Å². The highest BCUT2D eigenvalue weighted by atomic mass is 32.2. The molecule has 2 aliphatic heterocycles. The molecule has 0 aliphatic carbocycles. The van der Waals surface area contributed by atoms with Gasteiger partial charge >= 0.3 is 11.9 Å². The predicted molar refractivity (Wildman–Crippen MR) is 121 cm³/mol. The van der Waals surface area contributed by atoms with Crippen molar-refractivity contribution in [2.45, 2.75) is 23.1 Å². The molecule has 6 N–H and O–H groups in total. The Hall–Kier alpha value is -3.45. The lowest BCUT2D eigenvalue weighted by Crippen LogP contribution is -2.74. The van der Waals surface area contributed by atoms with Crippen molar-refractivity contribution < 1.29 is 34.6 Å². The number of β-lactam (4-membered cyclic amide) rings is 1. The number of fused-ring (bicyclic) bond motifs is 1.